The average molecular weight is 487 g/mol. The molecule has 0 fully saturated rings. The maximum absolute atomic E-state index is 13.7. The summed E-state index contributed by atoms with van der Waals surface area (Å²) >= 11 is 0. The smallest absolute Gasteiger partial charge is 0.249 e. The van der Waals surface area contributed by atoms with Crippen LogP contribution in [0.4, 0.5) is 5.82 Å². The molecular weight excluding hydrogens is 456 g/mol. The first-order valence-electron chi connectivity index (χ1n) is 11.8. The number of aryl methyl sites for hydroxylation is 1. The number of benzene rings is 2. The summed E-state index contributed by atoms with van der Waals surface area (Å²) in [6, 6.07) is 19.1. The van der Waals surface area contributed by atoms with Gasteiger partial charge in [0.2, 0.25) is 0 Å². The topological polar surface area (TPSA) is 68.1 Å². The van der Waals surface area contributed by atoms with Gasteiger partial charge >= 0.3 is 0 Å². The van der Waals surface area contributed by atoms with E-state index in [-0.39, 0.29) is 10.3 Å². The number of anilines is 1. The molecule has 1 aliphatic rings. The van der Waals surface area contributed by atoms with Crippen LogP contribution in [-0.4, -0.2) is 29.7 Å². The number of fused-ring (bicyclic) bond motifs is 3. The zero-order valence-corrected chi connectivity index (χ0v) is 21.6. The SMILES string of the molecule is Cc1ccc(S(=O)(=O)N2CCc3c(nn(-c4cccc(C(C)(C)C)c4)c3C)-c3cccnc32)cc1. The van der Waals surface area contributed by atoms with E-state index in [0.29, 0.717) is 18.8 Å². The Labute approximate surface area is 207 Å². The number of sulfonamides is 1. The summed E-state index contributed by atoms with van der Waals surface area (Å²) in [5.74, 6) is 0.417. The van der Waals surface area contributed by atoms with Crippen molar-refractivity contribution in [3.05, 3.63) is 89.2 Å². The monoisotopic (exact) mass is 486 g/mol. The van der Waals surface area contributed by atoms with Crippen LogP contribution in [0, 0.1) is 13.8 Å². The Morgan fingerprint density at radius 3 is 2.40 bits per heavy atom. The molecule has 7 heteroatoms. The van der Waals surface area contributed by atoms with E-state index in [9.17, 15) is 8.42 Å². The highest BCUT2D eigenvalue weighted by atomic mass is 32.2. The van der Waals surface area contributed by atoms with Gasteiger partial charge in [-0.15, -0.1) is 0 Å². The summed E-state index contributed by atoms with van der Waals surface area (Å²) in [4.78, 5) is 4.79. The first-order chi connectivity index (χ1) is 16.6. The Kier molecular flexibility index (Phi) is 5.55. The summed E-state index contributed by atoms with van der Waals surface area (Å²) in [6.45, 7) is 10.9. The molecule has 180 valence electrons. The van der Waals surface area contributed by atoms with Crippen LogP contribution in [0.3, 0.4) is 0 Å². The molecule has 2 aromatic heterocycles. The molecule has 0 N–H and O–H groups in total. The number of nitrogens with zero attached hydrogens (tertiary/aromatic N) is 4. The lowest BCUT2D eigenvalue weighted by atomic mass is 9.87. The van der Waals surface area contributed by atoms with Crippen molar-refractivity contribution in [3.8, 4) is 16.9 Å². The normalized spacial score (nSPS) is 13.8. The summed E-state index contributed by atoms with van der Waals surface area (Å²) in [5.41, 5.74) is 6.83. The van der Waals surface area contributed by atoms with Crippen molar-refractivity contribution in [2.45, 2.75) is 51.3 Å². The molecule has 35 heavy (non-hydrogen) atoms. The molecule has 0 amide bonds. The van der Waals surface area contributed by atoms with Crippen LogP contribution < -0.4 is 4.31 Å². The van der Waals surface area contributed by atoms with Gasteiger partial charge in [0.25, 0.3) is 10.0 Å². The van der Waals surface area contributed by atoms with Gasteiger partial charge in [0, 0.05) is 29.6 Å². The third kappa shape index (κ3) is 4.04. The Bertz CT molecular complexity index is 1510. The molecule has 1 aliphatic heterocycles. The lowest BCUT2D eigenvalue weighted by molar-refractivity contribution is 0.589. The third-order valence-corrected chi connectivity index (χ3v) is 8.45. The Hall–Kier alpha value is -3.45. The van der Waals surface area contributed by atoms with Crippen LogP contribution in [0.25, 0.3) is 16.9 Å². The van der Waals surface area contributed by atoms with Gasteiger partial charge in [-0.1, -0.05) is 50.6 Å². The van der Waals surface area contributed by atoms with Gasteiger partial charge in [-0.3, -0.25) is 0 Å². The molecule has 0 bridgehead atoms. The summed E-state index contributed by atoms with van der Waals surface area (Å²) < 4.78 is 30.7. The van der Waals surface area contributed by atoms with E-state index in [1.807, 2.05) is 35.9 Å². The lowest BCUT2D eigenvalue weighted by Crippen LogP contribution is -2.33. The quantitative estimate of drug-likeness (QED) is 0.378. The van der Waals surface area contributed by atoms with Crippen molar-refractivity contribution in [1.82, 2.24) is 14.8 Å². The maximum atomic E-state index is 13.7. The van der Waals surface area contributed by atoms with Crippen molar-refractivity contribution in [2.75, 3.05) is 10.8 Å². The molecule has 0 aliphatic carbocycles. The molecule has 5 rings (SSSR count). The zero-order chi connectivity index (χ0) is 25.0. The minimum atomic E-state index is -3.77. The third-order valence-electron chi connectivity index (χ3n) is 6.65. The molecule has 0 radical (unpaired) electrons. The zero-order valence-electron chi connectivity index (χ0n) is 20.8. The lowest BCUT2D eigenvalue weighted by Gasteiger charge is -2.23. The van der Waals surface area contributed by atoms with Gasteiger partial charge in [0.1, 0.15) is 5.69 Å². The second-order valence-corrected chi connectivity index (χ2v) is 12.0. The highest BCUT2D eigenvalue weighted by Crippen LogP contribution is 2.38. The number of pyridine rings is 1. The van der Waals surface area contributed by atoms with Crippen LogP contribution in [-0.2, 0) is 21.9 Å². The Balaban J connectivity index is 1.63. The first-order valence-corrected chi connectivity index (χ1v) is 13.3. The number of hydrogen-bond acceptors (Lipinski definition) is 4. The fourth-order valence-corrected chi connectivity index (χ4v) is 6.02. The summed E-state index contributed by atoms with van der Waals surface area (Å²) in [7, 11) is -3.77. The van der Waals surface area contributed by atoms with Crippen LogP contribution in [0.2, 0.25) is 0 Å². The van der Waals surface area contributed by atoms with E-state index < -0.39 is 10.0 Å². The predicted molar refractivity (Wildman–Crippen MR) is 140 cm³/mol. The molecule has 3 heterocycles. The number of hydrogen-bond donors (Lipinski definition) is 0. The summed E-state index contributed by atoms with van der Waals surface area (Å²) in [5, 5.41) is 5.00. The average Bonchev–Trinajstić information content (AvgIpc) is 3.05. The standard InChI is InChI=1S/C28H30N4O2S/c1-19-11-13-23(14-12-19)35(33,34)31-17-15-24-20(2)32(22-9-6-8-21(18-22)28(3,4)5)30-26(24)25-10-7-16-29-27(25)31/h6-14,16,18H,15,17H2,1-5H3. The summed E-state index contributed by atoms with van der Waals surface area (Å²) in [6.07, 6.45) is 2.18. The van der Waals surface area contributed by atoms with Crippen LogP contribution >= 0.6 is 0 Å². The highest BCUT2D eigenvalue weighted by Gasteiger charge is 2.33. The van der Waals surface area contributed by atoms with Gasteiger partial charge in [0.05, 0.1) is 10.6 Å². The van der Waals surface area contributed by atoms with Crippen molar-refractivity contribution >= 4 is 15.8 Å². The van der Waals surface area contributed by atoms with Gasteiger partial charge in [-0.25, -0.2) is 22.4 Å². The molecule has 0 saturated heterocycles. The van der Waals surface area contributed by atoms with Crippen LogP contribution in [0.5, 0.6) is 0 Å². The predicted octanol–water partition coefficient (Wildman–Crippen LogP) is 5.60. The molecule has 6 nitrogen and oxygen atoms in total. The fourth-order valence-electron chi connectivity index (χ4n) is 4.58. The van der Waals surface area contributed by atoms with Crippen molar-refractivity contribution in [3.63, 3.8) is 0 Å². The Morgan fingerprint density at radius 1 is 0.943 bits per heavy atom. The van der Waals surface area contributed by atoms with Crippen molar-refractivity contribution < 1.29 is 8.42 Å². The van der Waals surface area contributed by atoms with Crippen molar-refractivity contribution in [1.29, 1.82) is 0 Å². The van der Waals surface area contributed by atoms with Gasteiger partial charge < -0.3 is 0 Å². The number of rotatable bonds is 3. The minimum absolute atomic E-state index is 0.0233. The van der Waals surface area contributed by atoms with E-state index in [0.717, 1.165) is 33.8 Å². The van der Waals surface area contributed by atoms with E-state index in [2.05, 4.69) is 56.9 Å². The molecular formula is C28H30N4O2S. The second-order valence-electron chi connectivity index (χ2n) is 10.1. The number of aromatic nitrogens is 3. The van der Waals surface area contributed by atoms with Crippen LogP contribution in [0.15, 0.2) is 71.8 Å². The van der Waals surface area contributed by atoms with Crippen LogP contribution in [0.1, 0.15) is 43.2 Å². The van der Waals surface area contributed by atoms with Gasteiger partial charge in [-0.05, 0) is 67.6 Å². The fraction of sp³-hybridized carbons (Fsp3) is 0.286. The van der Waals surface area contributed by atoms with E-state index >= 15 is 0 Å². The largest absolute Gasteiger partial charge is 0.265 e. The molecule has 0 unspecified atom stereocenters. The highest BCUT2D eigenvalue weighted by molar-refractivity contribution is 7.92. The Morgan fingerprint density at radius 2 is 1.69 bits per heavy atom. The van der Waals surface area contributed by atoms with E-state index in [4.69, 9.17) is 5.10 Å². The second kappa shape index (κ2) is 8.34. The van der Waals surface area contributed by atoms with Gasteiger partial charge in [0.15, 0.2) is 5.82 Å². The maximum Gasteiger partial charge on any atom is 0.265 e. The van der Waals surface area contributed by atoms with E-state index in [1.54, 1.807) is 18.3 Å². The molecule has 4 aromatic rings. The molecule has 0 atom stereocenters. The minimum Gasteiger partial charge on any atom is -0.249 e. The molecule has 0 spiro atoms. The van der Waals surface area contributed by atoms with Crippen molar-refractivity contribution in [2.24, 2.45) is 0 Å². The molecule has 0 saturated carbocycles. The first kappa shape index (κ1) is 23.3. The molecule has 2 aromatic carbocycles. The van der Waals surface area contributed by atoms with E-state index in [1.165, 1.54) is 9.87 Å². The van der Waals surface area contributed by atoms with Gasteiger partial charge in [-0.2, -0.15) is 5.10 Å².